The van der Waals surface area contributed by atoms with Crippen LogP contribution in [0.3, 0.4) is 0 Å². The third-order valence-electron chi connectivity index (χ3n) is 6.14. The van der Waals surface area contributed by atoms with Crippen LogP contribution in [0.5, 0.6) is 0 Å². The van der Waals surface area contributed by atoms with Gasteiger partial charge in [0.25, 0.3) is 5.91 Å². The predicted molar refractivity (Wildman–Crippen MR) is 106 cm³/mol. The molecule has 8 heteroatoms. The molecule has 2 atom stereocenters. The maximum Gasteiger partial charge on any atom is 0.255 e. The average molecular weight is 400 g/mol. The minimum atomic E-state index is -0.575. The van der Waals surface area contributed by atoms with E-state index in [1.807, 2.05) is 18.2 Å². The first kappa shape index (κ1) is 20.0. The number of piperidine rings is 1. The molecule has 0 radical (unpaired) electrons. The first-order valence-electron chi connectivity index (χ1n) is 10.3. The standard InChI is InChI=1S/C21H28N4O4/c1-29-10-7-16-11-22-8-9-24(16)12-14-3-2-4-15-13-25(21(28)19(14)15)17-5-6-18(26)23-20(17)27/h2-4,16-17,22H,5-13H2,1H3,(H,23,26,27). The van der Waals surface area contributed by atoms with Gasteiger partial charge in [0, 0.05) is 64.5 Å². The largest absolute Gasteiger partial charge is 0.385 e. The number of carbonyl (C=O) groups is 3. The molecule has 0 aliphatic carbocycles. The van der Waals surface area contributed by atoms with Crippen LogP contribution < -0.4 is 10.6 Å². The summed E-state index contributed by atoms with van der Waals surface area (Å²) in [7, 11) is 1.72. The molecule has 156 valence electrons. The minimum Gasteiger partial charge on any atom is -0.385 e. The number of nitrogens with one attached hydrogen (secondary N) is 2. The maximum absolute atomic E-state index is 13.2. The highest BCUT2D eigenvalue weighted by Gasteiger charge is 2.40. The van der Waals surface area contributed by atoms with Gasteiger partial charge < -0.3 is 15.0 Å². The first-order valence-corrected chi connectivity index (χ1v) is 10.3. The van der Waals surface area contributed by atoms with Crippen molar-refractivity contribution in [1.82, 2.24) is 20.4 Å². The van der Waals surface area contributed by atoms with Gasteiger partial charge in [-0.05, 0) is 24.0 Å². The summed E-state index contributed by atoms with van der Waals surface area (Å²) in [6.07, 6.45) is 1.59. The minimum absolute atomic E-state index is 0.103. The Hall–Kier alpha value is -2.29. The van der Waals surface area contributed by atoms with E-state index in [0.717, 1.165) is 42.7 Å². The van der Waals surface area contributed by atoms with E-state index in [0.29, 0.717) is 32.2 Å². The second-order valence-electron chi connectivity index (χ2n) is 7.96. The Kier molecular flexibility index (Phi) is 5.94. The number of amides is 3. The van der Waals surface area contributed by atoms with Crippen molar-refractivity contribution in [2.75, 3.05) is 33.4 Å². The number of nitrogens with zero attached hydrogens (tertiary/aromatic N) is 2. The van der Waals surface area contributed by atoms with E-state index in [2.05, 4.69) is 15.5 Å². The van der Waals surface area contributed by atoms with Crippen molar-refractivity contribution in [2.24, 2.45) is 0 Å². The summed E-state index contributed by atoms with van der Waals surface area (Å²) < 4.78 is 5.26. The first-order chi connectivity index (χ1) is 14.1. The summed E-state index contributed by atoms with van der Waals surface area (Å²) in [6.45, 7) is 4.59. The fourth-order valence-electron chi connectivity index (χ4n) is 4.59. The number of fused-ring (bicyclic) bond motifs is 1. The zero-order chi connectivity index (χ0) is 20.4. The SMILES string of the molecule is COCCC1CNCCN1Cc1cccc2c1C(=O)N(C1CCC(=O)NC1=O)C2. The topological polar surface area (TPSA) is 91.0 Å². The van der Waals surface area contributed by atoms with E-state index in [-0.39, 0.29) is 24.1 Å². The van der Waals surface area contributed by atoms with Crippen LogP contribution in [0.25, 0.3) is 0 Å². The van der Waals surface area contributed by atoms with Crippen LogP contribution in [0.2, 0.25) is 0 Å². The van der Waals surface area contributed by atoms with Gasteiger partial charge in [-0.2, -0.15) is 0 Å². The molecular weight excluding hydrogens is 372 g/mol. The molecule has 1 aromatic carbocycles. The van der Waals surface area contributed by atoms with Crippen molar-refractivity contribution in [1.29, 1.82) is 0 Å². The molecule has 2 fully saturated rings. The number of benzene rings is 1. The number of piperazine rings is 1. The fourth-order valence-corrected chi connectivity index (χ4v) is 4.59. The van der Waals surface area contributed by atoms with Crippen molar-refractivity contribution in [2.45, 2.75) is 44.4 Å². The van der Waals surface area contributed by atoms with Crippen LogP contribution in [-0.2, 0) is 27.4 Å². The second-order valence-corrected chi connectivity index (χ2v) is 7.96. The molecule has 2 saturated heterocycles. The smallest absolute Gasteiger partial charge is 0.255 e. The Bertz CT molecular complexity index is 812. The fraction of sp³-hybridized carbons (Fsp3) is 0.571. The molecule has 0 bridgehead atoms. The van der Waals surface area contributed by atoms with E-state index < -0.39 is 6.04 Å². The summed E-state index contributed by atoms with van der Waals surface area (Å²) in [5, 5.41) is 5.80. The monoisotopic (exact) mass is 400 g/mol. The van der Waals surface area contributed by atoms with E-state index in [4.69, 9.17) is 4.74 Å². The third kappa shape index (κ3) is 4.05. The number of hydrogen-bond acceptors (Lipinski definition) is 6. The molecule has 3 heterocycles. The van der Waals surface area contributed by atoms with Crippen molar-refractivity contribution < 1.29 is 19.1 Å². The van der Waals surface area contributed by atoms with Gasteiger partial charge in [-0.25, -0.2) is 0 Å². The van der Waals surface area contributed by atoms with Crippen LogP contribution in [0, 0.1) is 0 Å². The summed E-state index contributed by atoms with van der Waals surface area (Å²) >= 11 is 0. The molecule has 0 aromatic heterocycles. The zero-order valence-electron chi connectivity index (χ0n) is 16.8. The lowest BCUT2D eigenvalue weighted by Gasteiger charge is -2.36. The molecular formula is C21H28N4O4. The number of carbonyl (C=O) groups excluding carboxylic acids is 3. The Labute approximate surface area is 170 Å². The second kappa shape index (κ2) is 8.61. The van der Waals surface area contributed by atoms with Gasteiger partial charge in [-0.1, -0.05) is 18.2 Å². The van der Waals surface area contributed by atoms with Gasteiger partial charge in [0.2, 0.25) is 11.8 Å². The molecule has 2 N–H and O–H groups in total. The lowest BCUT2D eigenvalue weighted by molar-refractivity contribution is -0.136. The van der Waals surface area contributed by atoms with Gasteiger partial charge in [0.05, 0.1) is 0 Å². The summed E-state index contributed by atoms with van der Waals surface area (Å²) in [5.74, 6) is -0.740. The van der Waals surface area contributed by atoms with Gasteiger partial charge in [0.1, 0.15) is 6.04 Å². The third-order valence-corrected chi connectivity index (χ3v) is 6.14. The molecule has 0 spiro atoms. The number of ether oxygens (including phenoxy) is 1. The van der Waals surface area contributed by atoms with E-state index in [1.54, 1.807) is 12.0 Å². The summed E-state index contributed by atoms with van der Waals surface area (Å²) in [6, 6.07) is 5.75. The molecule has 3 amide bonds. The number of rotatable bonds is 6. The Balaban J connectivity index is 1.53. The average Bonchev–Trinajstić information content (AvgIpc) is 3.05. The van der Waals surface area contributed by atoms with Crippen LogP contribution in [0.4, 0.5) is 0 Å². The van der Waals surface area contributed by atoms with Gasteiger partial charge in [0.15, 0.2) is 0 Å². The van der Waals surface area contributed by atoms with Crippen molar-refractivity contribution in [3.63, 3.8) is 0 Å². The van der Waals surface area contributed by atoms with E-state index >= 15 is 0 Å². The Morgan fingerprint density at radius 3 is 2.90 bits per heavy atom. The highest BCUT2D eigenvalue weighted by molar-refractivity contribution is 6.05. The van der Waals surface area contributed by atoms with Crippen molar-refractivity contribution >= 4 is 17.7 Å². The highest BCUT2D eigenvalue weighted by Crippen LogP contribution is 2.31. The normalized spacial score (nSPS) is 25.3. The molecule has 4 rings (SSSR count). The molecule has 0 saturated carbocycles. The van der Waals surface area contributed by atoms with Crippen LogP contribution in [0.1, 0.15) is 40.7 Å². The molecule has 29 heavy (non-hydrogen) atoms. The van der Waals surface area contributed by atoms with E-state index in [1.165, 1.54) is 0 Å². The highest BCUT2D eigenvalue weighted by atomic mass is 16.5. The summed E-state index contributed by atoms with van der Waals surface area (Å²) in [4.78, 5) is 41.0. The van der Waals surface area contributed by atoms with Crippen molar-refractivity contribution in [3.05, 3.63) is 34.9 Å². The molecule has 1 aromatic rings. The van der Waals surface area contributed by atoms with Crippen LogP contribution >= 0.6 is 0 Å². The van der Waals surface area contributed by atoms with Crippen LogP contribution in [-0.4, -0.2) is 73.0 Å². The number of imide groups is 1. The Morgan fingerprint density at radius 1 is 1.24 bits per heavy atom. The number of hydrogen-bond donors (Lipinski definition) is 2. The van der Waals surface area contributed by atoms with E-state index in [9.17, 15) is 14.4 Å². The predicted octanol–water partition coefficient (Wildman–Crippen LogP) is 0.258. The lowest BCUT2D eigenvalue weighted by atomic mass is 10.0. The van der Waals surface area contributed by atoms with Gasteiger partial charge in [-0.3, -0.25) is 24.6 Å². The van der Waals surface area contributed by atoms with Crippen LogP contribution in [0.15, 0.2) is 18.2 Å². The number of methoxy groups -OCH3 is 1. The van der Waals surface area contributed by atoms with Gasteiger partial charge >= 0.3 is 0 Å². The summed E-state index contributed by atoms with van der Waals surface area (Å²) in [5.41, 5.74) is 2.69. The molecule has 3 aliphatic rings. The van der Waals surface area contributed by atoms with Crippen molar-refractivity contribution in [3.8, 4) is 0 Å². The van der Waals surface area contributed by atoms with Gasteiger partial charge in [-0.15, -0.1) is 0 Å². The molecule has 3 aliphatic heterocycles. The molecule has 2 unspecified atom stereocenters. The quantitative estimate of drug-likeness (QED) is 0.666. The Morgan fingerprint density at radius 2 is 2.10 bits per heavy atom. The zero-order valence-corrected chi connectivity index (χ0v) is 16.8. The maximum atomic E-state index is 13.2. The molecule has 8 nitrogen and oxygen atoms in total. The lowest BCUT2D eigenvalue weighted by Crippen LogP contribution is -2.52.